The number of piperidine rings is 1. The second-order valence-electron chi connectivity index (χ2n) is 9.56. The first kappa shape index (κ1) is 21.7. The first-order chi connectivity index (χ1) is 16.5. The van der Waals surface area contributed by atoms with Gasteiger partial charge in [0.05, 0.1) is 24.0 Å². The van der Waals surface area contributed by atoms with Gasteiger partial charge in [-0.15, -0.1) is 4.31 Å². The number of hydrogen-bond acceptors (Lipinski definition) is 4. The van der Waals surface area contributed by atoms with E-state index in [0.717, 1.165) is 42.6 Å². The highest BCUT2D eigenvalue weighted by molar-refractivity contribution is 7.95. The summed E-state index contributed by atoms with van der Waals surface area (Å²) in [5.41, 5.74) is 3.42. The van der Waals surface area contributed by atoms with Crippen LogP contribution < -0.4 is 0 Å². The average Bonchev–Trinajstić information content (AvgIpc) is 3.59. The fraction of sp³-hybridized carbons (Fsp3) is 0.385. The standard InChI is InChI=1S/C26H28N4O3S/c1-18-23-24(19-14-15-19)29(26(31)25(23)30(27-18)20-9-4-2-5-10-20)21-11-8-16-28(17-21)34(32,33)22-12-6-3-7-13-22/h2-7,9-10,12-13,19,21,24H,8,11,14-17H2,1H3. The molecule has 1 amide bonds. The largest absolute Gasteiger partial charge is 0.593 e. The molecule has 3 unspecified atom stereocenters. The van der Waals surface area contributed by atoms with E-state index in [1.165, 1.54) is 0 Å². The number of fused-ring (bicyclic) bond motifs is 1. The number of carbonyl (C=O) groups excluding carboxylic acids is 1. The first-order valence-corrected chi connectivity index (χ1v) is 13.4. The van der Waals surface area contributed by atoms with Crippen LogP contribution >= 0.6 is 0 Å². The zero-order valence-corrected chi connectivity index (χ0v) is 20.0. The lowest BCUT2D eigenvalue weighted by molar-refractivity contribution is 0.0495. The molecule has 1 aromatic heterocycles. The van der Waals surface area contributed by atoms with Crippen LogP contribution in [0.25, 0.3) is 5.69 Å². The number of sulfonamides is 1. The number of aryl methyl sites for hydroxylation is 1. The molecule has 3 aliphatic rings. The Hall–Kier alpha value is -2.81. The monoisotopic (exact) mass is 476 g/mol. The Morgan fingerprint density at radius 2 is 1.68 bits per heavy atom. The smallest absolute Gasteiger partial charge is 0.273 e. The van der Waals surface area contributed by atoms with E-state index in [4.69, 9.17) is 5.10 Å². The van der Waals surface area contributed by atoms with Crippen molar-refractivity contribution in [3.8, 4) is 5.69 Å². The summed E-state index contributed by atoms with van der Waals surface area (Å²) in [7, 11) is -3.60. The molecule has 2 aliphatic heterocycles. The Bertz CT molecular complexity index is 1270. The number of para-hydroxylation sites is 1. The summed E-state index contributed by atoms with van der Waals surface area (Å²) in [5.74, 6) is 0.388. The van der Waals surface area contributed by atoms with Crippen LogP contribution in [0.2, 0.25) is 0 Å². The van der Waals surface area contributed by atoms with Crippen molar-refractivity contribution in [2.75, 3.05) is 13.1 Å². The Labute approximate surface area is 200 Å². The van der Waals surface area contributed by atoms with E-state index in [0.29, 0.717) is 29.6 Å². The Morgan fingerprint density at radius 1 is 1.00 bits per heavy atom. The minimum Gasteiger partial charge on any atom is -0.593 e. The van der Waals surface area contributed by atoms with Crippen LogP contribution in [0.4, 0.5) is 0 Å². The van der Waals surface area contributed by atoms with Gasteiger partial charge in [-0.05, 0) is 62.8 Å². The van der Waals surface area contributed by atoms with Gasteiger partial charge in [-0.25, -0.2) is 4.68 Å². The zero-order valence-electron chi connectivity index (χ0n) is 19.2. The van der Waals surface area contributed by atoms with Gasteiger partial charge in [0.2, 0.25) is 0 Å². The summed E-state index contributed by atoms with van der Waals surface area (Å²) in [4.78, 5) is 16.3. The molecule has 0 N–H and O–H groups in total. The summed E-state index contributed by atoms with van der Waals surface area (Å²) >= 11 is 0. The summed E-state index contributed by atoms with van der Waals surface area (Å²) in [6, 6.07) is 18.2. The maximum absolute atomic E-state index is 14.0. The highest BCUT2D eigenvalue weighted by atomic mass is 32.3. The van der Waals surface area contributed by atoms with Crippen LogP contribution in [-0.4, -0.2) is 48.6 Å². The second kappa shape index (κ2) is 8.15. The summed E-state index contributed by atoms with van der Waals surface area (Å²) in [5, 5.41) is 4.75. The van der Waals surface area contributed by atoms with Gasteiger partial charge in [0, 0.05) is 18.2 Å². The third-order valence-electron chi connectivity index (χ3n) is 7.34. The average molecular weight is 477 g/mol. The number of aromatic nitrogens is 2. The van der Waals surface area contributed by atoms with E-state index < -0.39 is 10.4 Å². The molecule has 3 heterocycles. The normalized spacial score (nSPS) is 24.8. The summed E-state index contributed by atoms with van der Waals surface area (Å²) in [6.45, 7) is 2.79. The van der Waals surface area contributed by atoms with Crippen molar-refractivity contribution in [2.24, 2.45) is 5.92 Å². The van der Waals surface area contributed by atoms with Crippen molar-refractivity contribution in [3.05, 3.63) is 77.6 Å². The number of benzene rings is 2. The fourth-order valence-electron chi connectivity index (χ4n) is 5.62. The van der Waals surface area contributed by atoms with E-state index >= 15 is 0 Å². The summed E-state index contributed by atoms with van der Waals surface area (Å²) < 4.78 is 30.0. The molecule has 1 saturated heterocycles. The predicted octanol–water partition coefficient (Wildman–Crippen LogP) is 4.16. The number of carbonyl (C=O) groups is 1. The van der Waals surface area contributed by atoms with Crippen LogP contribution in [0.15, 0.2) is 65.6 Å². The molecular formula is C26H28N4O3S. The maximum Gasteiger partial charge on any atom is 0.273 e. The molecule has 1 aliphatic carbocycles. The molecule has 0 radical (unpaired) electrons. The topological polar surface area (TPSA) is 81.5 Å². The lowest BCUT2D eigenvalue weighted by Gasteiger charge is -2.40. The van der Waals surface area contributed by atoms with E-state index in [-0.39, 0.29) is 18.0 Å². The molecule has 176 valence electrons. The predicted molar refractivity (Wildman–Crippen MR) is 128 cm³/mol. The van der Waals surface area contributed by atoms with Crippen molar-refractivity contribution in [1.29, 1.82) is 0 Å². The highest BCUT2D eigenvalue weighted by Crippen LogP contribution is 2.52. The molecule has 3 atom stereocenters. The zero-order chi connectivity index (χ0) is 23.4. The van der Waals surface area contributed by atoms with Gasteiger partial charge in [-0.3, -0.25) is 4.79 Å². The van der Waals surface area contributed by atoms with E-state index in [2.05, 4.69) is 0 Å². The van der Waals surface area contributed by atoms with Crippen LogP contribution in [0.5, 0.6) is 0 Å². The minimum absolute atomic E-state index is 0.0238. The lowest BCUT2D eigenvalue weighted by atomic mass is 9.99. The lowest BCUT2D eigenvalue weighted by Crippen LogP contribution is -2.52. The van der Waals surface area contributed by atoms with Gasteiger partial charge in [-0.1, -0.05) is 40.6 Å². The van der Waals surface area contributed by atoms with E-state index in [1.807, 2.05) is 48.2 Å². The number of hydrogen-bond donors (Lipinski definition) is 0. The van der Waals surface area contributed by atoms with Crippen molar-refractivity contribution in [1.82, 2.24) is 19.0 Å². The molecule has 2 aromatic carbocycles. The van der Waals surface area contributed by atoms with Gasteiger partial charge < -0.3 is 9.45 Å². The van der Waals surface area contributed by atoms with Crippen LogP contribution in [-0.2, 0) is 14.6 Å². The van der Waals surface area contributed by atoms with Crippen LogP contribution in [0, 0.1) is 12.8 Å². The first-order valence-electron chi connectivity index (χ1n) is 12.0. The number of rotatable bonds is 5. The Kier molecular flexibility index (Phi) is 5.20. The fourth-order valence-corrected chi connectivity index (χ4v) is 7.16. The van der Waals surface area contributed by atoms with Gasteiger partial charge in [0.15, 0.2) is 15.3 Å². The van der Waals surface area contributed by atoms with Gasteiger partial charge in [0.25, 0.3) is 5.91 Å². The van der Waals surface area contributed by atoms with E-state index in [9.17, 15) is 13.6 Å². The second-order valence-corrected chi connectivity index (χ2v) is 11.5. The third-order valence-corrected chi connectivity index (χ3v) is 9.22. The molecule has 1 saturated carbocycles. The molecule has 8 heteroatoms. The quantitative estimate of drug-likeness (QED) is 0.518. The van der Waals surface area contributed by atoms with Gasteiger partial charge in [0.1, 0.15) is 5.69 Å². The Morgan fingerprint density at radius 3 is 2.35 bits per heavy atom. The number of nitrogens with zero attached hydrogens (tertiary/aromatic N) is 4. The summed E-state index contributed by atoms with van der Waals surface area (Å²) in [6.07, 6.45) is 3.71. The molecule has 2 fully saturated rings. The van der Waals surface area contributed by atoms with Gasteiger partial charge >= 0.3 is 0 Å². The SMILES string of the molecule is Cc1nn(-c2ccccc2)c2c1C(C1CC1)N(C1CCCN([S+](=O)([O-])c3ccccc3)C1)C2=O. The maximum atomic E-state index is 14.0. The van der Waals surface area contributed by atoms with Crippen LogP contribution in [0.3, 0.4) is 0 Å². The van der Waals surface area contributed by atoms with Crippen molar-refractivity contribution in [2.45, 2.75) is 49.6 Å². The number of amides is 1. The molecule has 34 heavy (non-hydrogen) atoms. The highest BCUT2D eigenvalue weighted by Gasteiger charge is 2.52. The molecule has 3 aromatic rings. The van der Waals surface area contributed by atoms with Crippen molar-refractivity contribution >= 4 is 16.3 Å². The minimum atomic E-state index is -3.60. The van der Waals surface area contributed by atoms with Crippen molar-refractivity contribution in [3.63, 3.8) is 0 Å². The van der Waals surface area contributed by atoms with Crippen molar-refractivity contribution < 1.29 is 13.6 Å². The molecule has 7 nitrogen and oxygen atoms in total. The Balaban J connectivity index is 1.36. The van der Waals surface area contributed by atoms with Gasteiger partial charge in [-0.2, -0.15) is 5.10 Å². The molecule has 6 rings (SSSR count). The molecule has 0 bridgehead atoms. The molecule has 0 spiro atoms. The van der Waals surface area contributed by atoms with E-state index in [1.54, 1.807) is 33.3 Å². The third kappa shape index (κ3) is 3.43. The van der Waals surface area contributed by atoms with Crippen LogP contribution in [0.1, 0.15) is 53.5 Å². The molecular weight excluding hydrogens is 448 g/mol.